The Balaban J connectivity index is 1.95. The summed E-state index contributed by atoms with van der Waals surface area (Å²) in [4.78, 5) is 0. The maximum absolute atomic E-state index is 3.44. The average molecular weight is 225 g/mol. The van der Waals surface area contributed by atoms with Gasteiger partial charge >= 0.3 is 0 Å². The molecule has 1 unspecified atom stereocenters. The van der Waals surface area contributed by atoms with Crippen molar-refractivity contribution in [1.82, 2.24) is 5.32 Å². The van der Waals surface area contributed by atoms with Crippen LogP contribution in [0.15, 0.2) is 0 Å². The highest BCUT2D eigenvalue weighted by Gasteiger charge is 2.45. The predicted octanol–water partition coefficient (Wildman–Crippen LogP) is 4.52. The second kappa shape index (κ2) is 7.32. The van der Waals surface area contributed by atoms with Crippen molar-refractivity contribution >= 4 is 0 Å². The van der Waals surface area contributed by atoms with E-state index >= 15 is 0 Å². The van der Waals surface area contributed by atoms with Crippen molar-refractivity contribution in [3.8, 4) is 0 Å². The summed E-state index contributed by atoms with van der Waals surface area (Å²) in [6.07, 6.45) is 14.5. The summed E-state index contributed by atoms with van der Waals surface area (Å²) in [5.41, 5.74) is 0.693. The van der Waals surface area contributed by atoms with E-state index in [0.717, 1.165) is 6.04 Å². The first-order valence-electron chi connectivity index (χ1n) is 7.42. The van der Waals surface area contributed by atoms with E-state index in [2.05, 4.69) is 26.2 Å². The molecule has 1 rings (SSSR count). The Morgan fingerprint density at radius 2 is 1.56 bits per heavy atom. The van der Waals surface area contributed by atoms with E-state index in [0.29, 0.717) is 5.41 Å². The van der Waals surface area contributed by atoms with Gasteiger partial charge in [0.15, 0.2) is 0 Å². The Morgan fingerprint density at radius 1 is 1.00 bits per heavy atom. The van der Waals surface area contributed by atoms with Gasteiger partial charge in [-0.1, -0.05) is 51.9 Å². The third-order valence-electron chi connectivity index (χ3n) is 4.52. The summed E-state index contributed by atoms with van der Waals surface area (Å²) in [6.45, 7) is 4.64. The van der Waals surface area contributed by atoms with Gasteiger partial charge in [-0.05, 0) is 38.6 Å². The largest absolute Gasteiger partial charge is 0.317 e. The van der Waals surface area contributed by atoms with Crippen molar-refractivity contribution < 1.29 is 0 Å². The van der Waals surface area contributed by atoms with Crippen LogP contribution in [0.3, 0.4) is 0 Å². The molecule has 1 N–H and O–H groups in total. The molecular formula is C15H31N. The highest BCUT2D eigenvalue weighted by atomic mass is 14.9. The monoisotopic (exact) mass is 225 g/mol. The number of rotatable bonds is 10. The lowest BCUT2D eigenvalue weighted by Gasteiger charge is -2.22. The molecule has 1 aliphatic rings. The summed E-state index contributed by atoms with van der Waals surface area (Å²) in [7, 11) is 2.11. The van der Waals surface area contributed by atoms with Crippen LogP contribution in [0, 0.1) is 5.41 Å². The minimum atomic E-state index is 0.693. The van der Waals surface area contributed by atoms with E-state index < -0.39 is 0 Å². The summed E-state index contributed by atoms with van der Waals surface area (Å²) in [6, 6.07) is 0.729. The molecule has 0 spiro atoms. The average Bonchev–Trinajstić information content (AvgIpc) is 3.08. The second-order valence-electron chi connectivity index (χ2n) is 5.74. The zero-order valence-corrected chi connectivity index (χ0v) is 11.6. The Morgan fingerprint density at radius 3 is 2.06 bits per heavy atom. The summed E-state index contributed by atoms with van der Waals surface area (Å²) >= 11 is 0. The molecule has 0 saturated heterocycles. The molecule has 16 heavy (non-hydrogen) atoms. The fraction of sp³-hybridized carbons (Fsp3) is 1.00. The summed E-state index contributed by atoms with van der Waals surface area (Å²) in [5.74, 6) is 0. The first-order valence-corrected chi connectivity index (χ1v) is 7.42. The summed E-state index contributed by atoms with van der Waals surface area (Å²) < 4.78 is 0. The molecule has 1 saturated carbocycles. The van der Waals surface area contributed by atoms with E-state index in [-0.39, 0.29) is 0 Å². The fourth-order valence-electron chi connectivity index (χ4n) is 2.80. The van der Waals surface area contributed by atoms with Crippen molar-refractivity contribution in [2.75, 3.05) is 7.05 Å². The molecule has 1 heteroatoms. The molecule has 0 heterocycles. The maximum Gasteiger partial charge on any atom is 0.00921 e. The highest BCUT2D eigenvalue weighted by Crippen LogP contribution is 2.52. The Bertz CT molecular complexity index is 172. The molecule has 0 aliphatic heterocycles. The zero-order valence-electron chi connectivity index (χ0n) is 11.6. The van der Waals surface area contributed by atoms with Crippen LogP contribution in [0.1, 0.15) is 78.1 Å². The quantitative estimate of drug-likeness (QED) is 0.539. The number of hydrogen-bond donors (Lipinski definition) is 1. The minimum absolute atomic E-state index is 0.693. The van der Waals surface area contributed by atoms with E-state index in [9.17, 15) is 0 Å². The van der Waals surface area contributed by atoms with Gasteiger partial charge in [0.2, 0.25) is 0 Å². The Hall–Kier alpha value is -0.0400. The predicted molar refractivity (Wildman–Crippen MR) is 72.8 cm³/mol. The van der Waals surface area contributed by atoms with Gasteiger partial charge in [-0.2, -0.15) is 0 Å². The van der Waals surface area contributed by atoms with Crippen molar-refractivity contribution in [2.45, 2.75) is 84.1 Å². The van der Waals surface area contributed by atoms with Gasteiger partial charge in [-0.25, -0.2) is 0 Å². The van der Waals surface area contributed by atoms with E-state index in [1.54, 1.807) is 0 Å². The molecule has 1 aliphatic carbocycles. The van der Waals surface area contributed by atoms with Crippen LogP contribution < -0.4 is 5.32 Å². The van der Waals surface area contributed by atoms with Crippen LogP contribution in [0.2, 0.25) is 0 Å². The van der Waals surface area contributed by atoms with E-state index in [1.807, 2.05) is 0 Å². The third kappa shape index (κ3) is 4.45. The third-order valence-corrected chi connectivity index (χ3v) is 4.52. The fourth-order valence-corrected chi connectivity index (χ4v) is 2.80. The second-order valence-corrected chi connectivity index (χ2v) is 5.74. The lowest BCUT2D eigenvalue weighted by Crippen LogP contribution is -2.31. The first-order chi connectivity index (χ1) is 7.75. The van der Waals surface area contributed by atoms with Gasteiger partial charge in [0.05, 0.1) is 0 Å². The van der Waals surface area contributed by atoms with E-state index in [4.69, 9.17) is 0 Å². The van der Waals surface area contributed by atoms with Crippen molar-refractivity contribution in [3.63, 3.8) is 0 Å². The molecule has 0 amide bonds. The normalized spacial score (nSPS) is 19.7. The van der Waals surface area contributed by atoms with Crippen LogP contribution in [0.25, 0.3) is 0 Å². The van der Waals surface area contributed by atoms with Crippen molar-refractivity contribution in [2.24, 2.45) is 5.41 Å². The minimum Gasteiger partial charge on any atom is -0.317 e. The molecule has 96 valence electrons. The van der Waals surface area contributed by atoms with Gasteiger partial charge in [-0.3, -0.25) is 0 Å². The van der Waals surface area contributed by atoms with Crippen LogP contribution in [-0.4, -0.2) is 13.1 Å². The lowest BCUT2D eigenvalue weighted by molar-refractivity contribution is 0.333. The van der Waals surface area contributed by atoms with Crippen LogP contribution in [0.5, 0.6) is 0 Å². The standard InChI is InChI=1S/C15H31N/c1-4-5-6-7-8-9-10-11-15(12-13-15)14(2)16-3/h14,16H,4-13H2,1-3H3. The van der Waals surface area contributed by atoms with Crippen molar-refractivity contribution in [3.05, 3.63) is 0 Å². The Labute approximate surface area is 102 Å². The molecule has 1 fully saturated rings. The summed E-state index contributed by atoms with van der Waals surface area (Å²) in [5, 5.41) is 3.44. The SMILES string of the molecule is CCCCCCCCCC1(C(C)NC)CC1. The van der Waals surface area contributed by atoms with Gasteiger partial charge in [-0.15, -0.1) is 0 Å². The lowest BCUT2D eigenvalue weighted by atomic mass is 9.91. The van der Waals surface area contributed by atoms with Crippen LogP contribution in [-0.2, 0) is 0 Å². The molecular weight excluding hydrogens is 194 g/mol. The highest BCUT2D eigenvalue weighted by molar-refractivity contribution is 4.99. The van der Waals surface area contributed by atoms with Crippen LogP contribution >= 0.6 is 0 Å². The number of nitrogens with one attached hydrogen (secondary N) is 1. The zero-order chi connectivity index (χ0) is 11.9. The van der Waals surface area contributed by atoms with Gasteiger partial charge in [0.1, 0.15) is 0 Å². The molecule has 0 aromatic carbocycles. The number of unbranched alkanes of at least 4 members (excludes halogenated alkanes) is 6. The molecule has 0 aromatic heterocycles. The van der Waals surface area contributed by atoms with Crippen molar-refractivity contribution in [1.29, 1.82) is 0 Å². The smallest absolute Gasteiger partial charge is 0.00921 e. The molecule has 0 radical (unpaired) electrons. The van der Waals surface area contributed by atoms with E-state index in [1.165, 1.54) is 64.2 Å². The van der Waals surface area contributed by atoms with Gasteiger partial charge in [0, 0.05) is 6.04 Å². The molecule has 1 nitrogen and oxygen atoms in total. The van der Waals surface area contributed by atoms with Gasteiger partial charge in [0.25, 0.3) is 0 Å². The topological polar surface area (TPSA) is 12.0 Å². The van der Waals surface area contributed by atoms with Gasteiger partial charge < -0.3 is 5.32 Å². The molecule has 0 aromatic rings. The Kier molecular flexibility index (Phi) is 6.41. The maximum atomic E-state index is 3.44. The first kappa shape index (κ1) is 14.0. The molecule has 0 bridgehead atoms. The number of hydrogen-bond acceptors (Lipinski definition) is 1. The van der Waals surface area contributed by atoms with Crippen LogP contribution in [0.4, 0.5) is 0 Å². The molecule has 1 atom stereocenters.